The summed E-state index contributed by atoms with van der Waals surface area (Å²) in [5, 5.41) is 2.46. The second kappa shape index (κ2) is 10.8. The Kier molecular flexibility index (Phi) is 9.09. The topological polar surface area (TPSA) is 119 Å². The standard InChI is InChI=1S/C19H28N2O7S/c1-13(2)10-15(19(24)27-4)20-17(22)12-28-18(23)11-21(29(5,25)26)16-9-7-6-8-14(16)3/h6-9,13,15H,10-12H2,1-5H3,(H,20,22). The Balaban J connectivity index is 2.74. The molecule has 0 saturated carbocycles. The van der Waals surface area contributed by atoms with Crippen molar-refractivity contribution < 1.29 is 32.3 Å². The second-order valence-electron chi connectivity index (χ2n) is 6.99. The first-order chi connectivity index (χ1) is 13.5. The largest absolute Gasteiger partial charge is 0.467 e. The van der Waals surface area contributed by atoms with Gasteiger partial charge in [0.25, 0.3) is 5.91 Å². The van der Waals surface area contributed by atoms with Crippen molar-refractivity contribution in [2.45, 2.75) is 33.2 Å². The number of rotatable bonds is 10. The van der Waals surface area contributed by atoms with Gasteiger partial charge in [0.15, 0.2) is 6.61 Å². The fourth-order valence-corrected chi connectivity index (χ4v) is 3.50. The summed E-state index contributed by atoms with van der Waals surface area (Å²) >= 11 is 0. The van der Waals surface area contributed by atoms with Crippen LogP contribution in [0.15, 0.2) is 24.3 Å². The number of para-hydroxylation sites is 1. The Hall–Kier alpha value is -2.62. The van der Waals surface area contributed by atoms with Gasteiger partial charge in [0.2, 0.25) is 10.0 Å². The van der Waals surface area contributed by atoms with Crippen LogP contribution in [0.1, 0.15) is 25.8 Å². The van der Waals surface area contributed by atoms with Crippen LogP contribution in [0.25, 0.3) is 0 Å². The van der Waals surface area contributed by atoms with Gasteiger partial charge in [-0.2, -0.15) is 0 Å². The third-order valence-corrected chi connectivity index (χ3v) is 5.08. The quantitative estimate of drug-likeness (QED) is 0.552. The first-order valence-corrected chi connectivity index (χ1v) is 10.9. The lowest BCUT2D eigenvalue weighted by atomic mass is 10.0. The minimum Gasteiger partial charge on any atom is -0.467 e. The van der Waals surface area contributed by atoms with E-state index in [1.165, 1.54) is 7.11 Å². The van der Waals surface area contributed by atoms with E-state index in [0.29, 0.717) is 17.7 Å². The number of nitrogens with zero attached hydrogens (tertiary/aromatic N) is 1. The van der Waals surface area contributed by atoms with Gasteiger partial charge >= 0.3 is 11.9 Å². The molecule has 1 aromatic carbocycles. The lowest BCUT2D eigenvalue weighted by Gasteiger charge is -2.23. The number of amides is 1. The summed E-state index contributed by atoms with van der Waals surface area (Å²) < 4.78 is 34.7. The maximum absolute atomic E-state index is 12.1. The molecular weight excluding hydrogens is 400 g/mol. The van der Waals surface area contributed by atoms with Crippen LogP contribution in [-0.2, 0) is 33.9 Å². The van der Waals surface area contributed by atoms with Crippen molar-refractivity contribution in [3.8, 4) is 0 Å². The number of anilines is 1. The van der Waals surface area contributed by atoms with E-state index in [1.807, 2.05) is 13.8 Å². The highest BCUT2D eigenvalue weighted by atomic mass is 32.2. The third-order valence-electron chi connectivity index (χ3n) is 3.95. The number of hydrogen-bond acceptors (Lipinski definition) is 7. The van der Waals surface area contributed by atoms with E-state index in [4.69, 9.17) is 4.74 Å². The zero-order valence-corrected chi connectivity index (χ0v) is 18.1. The fourth-order valence-electron chi connectivity index (χ4n) is 2.60. The highest BCUT2D eigenvalue weighted by molar-refractivity contribution is 7.92. The smallest absolute Gasteiger partial charge is 0.328 e. The first-order valence-electron chi connectivity index (χ1n) is 9.01. The zero-order valence-electron chi connectivity index (χ0n) is 17.3. The number of carbonyl (C=O) groups excluding carboxylic acids is 3. The lowest BCUT2D eigenvalue weighted by Crippen LogP contribution is -2.44. The number of ether oxygens (including phenoxy) is 2. The Labute approximate surface area is 171 Å². The van der Waals surface area contributed by atoms with Crippen LogP contribution < -0.4 is 9.62 Å². The van der Waals surface area contributed by atoms with E-state index < -0.39 is 47.1 Å². The van der Waals surface area contributed by atoms with E-state index in [-0.39, 0.29) is 5.92 Å². The molecule has 0 heterocycles. The van der Waals surface area contributed by atoms with Gasteiger partial charge < -0.3 is 14.8 Å². The van der Waals surface area contributed by atoms with Crippen molar-refractivity contribution in [1.82, 2.24) is 5.32 Å². The molecule has 0 spiro atoms. The van der Waals surface area contributed by atoms with E-state index in [2.05, 4.69) is 10.1 Å². The molecule has 1 rings (SSSR count). The third kappa shape index (κ3) is 8.10. The zero-order chi connectivity index (χ0) is 22.2. The summed E-state index contributed by atoms with van der Waals surface area (Å²) in [5.41, 5.74) is 1.01. The van der Waals surface area contributed by atoms with Gasteiger partial charge in [-0.25, -0.2) is 13.2 Å². The number of methoxy groups -OCH3 is 1. The lowest BCUT2D eigenvalue weighted by molar-refractivity contribution is -0.149. The molecule has 1 unspecified atom stereocenters. The number of benzene rings is 1. The number of sulfonamides is 1. The van der Waals surface area contributed by atoms with Crippen LogP contribution >= 0.6 is 0 Å². The highest BCUT2D eigenvalue weighted by Gasteiger charge is 2.25. The molecule has 0 aliphatic rings. The van der Waals surface area contributed by atoms with Crippen LogP contribution in [0.5, 0.6) is 0 Å². The Morgan fingerprint density at radius 3 is 2.31 bits per heavy atom. The summed E-state index contributed by atoms with van der Waals surface area (Å²) in [6.45, 7) is 4.26. The summed E-state index contributed by atoms with van der Waals surface area (Å²) in [5.74, 6) is -2.05. The van der Waals surface area contributed by atoms with Crippen molar-refractivity contribution >= 4 is 33.6 Å². The molecule has 0 saturated heterocycles. The molecule has 0 radical (unpaired) electrons. The van der Waals surface area contributed by atoms with Gasteiger partial charge in [0, 0.05) is 0 Å². The van der Waals surface area contributed by atoms with E-state index in [1.54, 1.807) is 31.2 Å². The number of aryl methyl sites for hydroxylation is 1. The van der Waals surface area contributed by atoms with Crippen LogP contribution in [-0.4, -0.2) is 58.8 Å². The second-order valence-corrected chi connectivity index (χ2v) is 8.90. The van der Waals surface area contributed by atoms with Gasteiger partial charge in [0.1, 0.15) is 12.6 Å². The molecular formula is C19H28N2O7S. The van der Waals surface area contributed by atoms with E-state index in [9.17, 15) is 22.8 Å². The van der Waals surface area contributed by atoms with Crippen molar-refractivity contribution in [1.29, 1.82) is 0 Å². The average Bonchev–Trinajstić information content (AvgIpc) is 2.62. The van der Waals surface area contributed by atoms with Crippen molar-refractivity contribution in [3.05, 3.63) is 29.8 Å². The molecule has 0 bridgehead atoms. The fraction of sp³-hybridized carbons (Fsp3) is 0.526. The van der Waals surface area contributed by atoms with Crippen molar-refractivity contribution in [3.63, 3.8) is 0 Å². The maximum atomic E-state index is 12.1. The number of nitrogens with one attached hydrogen (secondary N) is 1. The van der Waals surface area contributed by atoms with E-state index in [0.717, 1.165) is 10.6 Å². The molecule has 0 aliphatic heterocycles. The van der Waals surface area contributed by atoms with Gasteiger partial charge in [-0.15, -0.1) is 0 Å². The predicted octanol–water partition coefficient (Wildman–Crippen LogP) is 1.01. The summed E-state index contributed by atoms with van der Waals surface area (Å²) in [6, 6.07) is 5.83. The number of carbonyl (C=O) groups is 3. The predicted molar refractivity (Wildman–Crippen MR) is 108 cm³/mol. The van der Waals surface area contributed by atoms with Crippen molar-refractivity contribution in [2.75, 3.05) is 30.8 Å². The minimum absolute atomic E-state index is 0.124. The molecule has 1 aromatic rings. The summed E-state index contributed by atoms with van der Waals surface area (Å²) in [6.07, 6.45) is 1.34. The van der Waals surface area contributed by atoms with Crippen molar-refractivity contribution in [2.24, 2.45) is 5.92 Å². The monoisotopic (exact) mass is 428 g/mol. The molecule has 0 aromatic heterocycles. The number of esters is 2. The van der Waals surface area contributed by atoms with Crippen LogP contribution in [0.4, 0.5) is 5.69 Å². The highest BCUT2D eigenvalue weighted by Crippen LogP contribution is 2.21. The first kappa shape index (κ1) is 24.4. The van der Waals surface area contributed by atoms with Gasteiger partial charge in [-0.1, -0.05) is 32.0 Å². The van der Waals surface area contributed by atoms with Crippen LogP contribution in [0, 0.1) is 12.8 Å². The van der Waals surface area contributed by atoms with Gasteiger partial charge in [-0.3, -0.25) is 13.9 Å². The molecule has 9 nitrogen and oxygen atoms in total. The Morgan fingerprint density at radius 1 is 1.17 bits per heavy atom. The molecule has 1 N–H and O–H groups in total. The normalized spacial score (nSPS) is 12.2. The molecule has 29 heavy (non-hydrogen) atoms. The van der Waals surface area contributed by atoms with Crippen LogP contribution in [0.3, 0.4) is 0 Å². The Morgan fingerprint density at radius 2 is 1.79 bits per heavy atom. The molecule has 10 heteroatoms. The molecule has 1 atom stereocenters. The minimum atomic E-state index is -3.75. The number of hydrogen-bond donors (Lipinski definition) is 1. The molecule has 162 valence electrons. The van der Waals surface area contributed by atoms with E-state index >= 15 is 0 Å². The van der Waals surface area contributed by atoms with Gasteiger partial charge in [-0.05, 0) is 30.9 Å². The molecule has 0 aliphatic carbocycles. The molecule has 0 fully saturated rings. The average molecular weight is 429 g/mol. The van der Waals surface area contributed by atoms with Gasteiger partial charge in [0.05, 0.1) is 19.1 Å². The Bertz CT molecular complexity index is 837. The summed E-state index contributed by atoms with van der Waals surface area (Å²) in [7, 11) is -2.53. The molecule has 1 amide bonds. The SMILES string of the molecule is COC(=O)C(CC(C)C)NC(=O)COC(=O)CN(c1ccccc1C)S(C)(=O)=O. The summed E-state index contributed by atoms with van der Waals surface area (Å²) in [4.78, 5) is 35.9. The van der Waals surface area contributed by atoms with Crippen LogP contribution in [0.2, 0.25) is 0 Å². The maximum Gasteiger partial charge on any atom is 0.328 e.